The molecule has 0 radical (unpaired) electrons. The summed E-state index contributed by atoms with van der Waals surface area (Å²) in [5.41, 5.74) is -4.85. The van der Waals surface area contributed by atoms with Gasteiger partial charge in [-0.1, -0.05) is 0 Å². The van der Waals surface area contributed by atoms with Crippen LogP contribution in [0.1, 0.15) is 0 Å². The summed E-state index contributed by atoms with van der Waals surface area (Å²) in [5.74, 6) is -0.738. The highest BCUT2D eigenvalue weighted by molar-refractivity contribution is 8.00. The molecule has 0 fully saturated rings. The SMILES string of the molecule is COc1ncnc(NCCSC(F)(F)F)c1[N+](=O)[O-]. The van der Waals surface area contributed by atoms with Gasteiger partial charge >= 0.3 is 11.2 Å². The standard InChI is InChI=1S/C8H9F3N4O3S/c1-18-7-5(15(16)17)6(13-4-14-7)12-2-3-19-8(9,10)11/h4H,2-3H2,1H3,(H,12,13,14). The topological polar surface area (TPSA) is 90.2 Å². The summed E-state index contributed by atoms with van der Waals surface area (Å²) in [6.07, 6.45) is 1.02. The molecule has 0 aliphatic carbocycles. The van der Waals surface area contributed by atoms with E-state index >= 15 is 0 Å². The lowest BCUT2D eigenvalue weighted by Crippen LogP contribution is -2.12. The van der Waals surface area contributed by atoms with Crippen LogP contribution < -0.4 is 10.1 Å². The number of hydrogen-bond acceptors (Lipinski definition) is 7. The molecule has 0 aromatic carbocycles. The predicted octanol–water partition coefficient (Wildman–Crippen LogP) is 2.06. The van der Waals surface area contributed by atoms with E-state index in [2.05, 4.69) is 20.0 Å². The van der Waals surface area contributed by atoms with Crippen molar-refractivity contribution in [2.75, 3.05) is 24.7 Å². The van der Waals surface area contributed by atoms with E-state index in [9.17, 15) is 23.3 Å². The summed E-state index contributed by atoms with van der Waals surface area (Å²) in [5, 5.41) is 13.3. The van der Waals surface area contributed by atoms with E-state index in [1.54, 1.807) is 0 Å². The molecule has 0 bridgehead atoms. The highest BCUT2D eigenvalue weighted by Crippen LogP contribution is 2.32. The Kier molecular flexibility index (Phi) is 5.15. The number of nitrogens with one attached hydrogen (secondary N) is 1. The summed E-state index contributed by atoms with van der Waals surface area (Å²) in [4.78, 5) is 17.2. The number of anilines is 1. The van der Waals surface area contributed by atoms with Crippen LogP contribution in [0.3, 0.4) is 0 Å². The first-order chi connectivity index (χ1) is 8.85. The van der Waals surface area contributed by atoms with E-state index in [1.165, 1.54) is 7.11 Å². The second-order valence-corrected chi connectivity index (χ2v) is 4.22. The Balaban J connectivity index is 2.70. The number of halogens is 3. The van der Waals surface area contributed by atoms with Gasteiger partial charge in [0.2, 0.25) is 5.82 Å². The summed E-state index contributed by atoms with van der Waals surface area (Å²) < 4.78 is 40.4. The Hall–Kier alpha value is -1.78. The summed E-state index contributed by atoms with van der Waals surface area (Å²) >= 11 is -0.230. The highest BCUT2D eigenvalue weighted by atomic mass is 32.2. The number of hydrogen-bond donors (Lipinski definition) is 1. The molecule has 106 valence electrons. The number of nitrogens with zero attached hydrogens (tertiary/aromatic N) is 3. The van der Waals surface area contributed by atoms with Crippen LogP contribution in [0.2, 0.25) is 0 Å². The second-order valence-electron chi connectivity index (χ2n) is 3.06. The predicted molar refractivity (Wildman–Crippen MR) is 62.2 cm³/mol. The number of rotatable bonds is 6. The molecule has 0 saturated carbocycles. The van der Waals surface area contributed by atoms with Crippen LogP contribution in [-0.2, 0) is 0 Å². The summed E-state index contributed by atoms with van der Waals surface area (Å²) in [7, 11) is 1.19. The third kappa shape index (κ3) is 4.77. The highest BCUT2D eigenvalue weighted by Gasteiger charge is 2.28. The van der Waals surface area contributed by atoms with Gasteiger partial charge < -0.3 is 10.1 Å². The van der Waals surface area contributed by atoms with Gasteiger partial charge in [-0.15, -0.1) is 0 Å². The minimum Gasteiger partial charge on any atom is -0.476 e. The van der Waals surface area contributed by atoms with Crippen molar-refractivity contribution in [1.82, 2.24) is 9.97 Å². The second kappa shape index (κ2) is 6.41. The minimum atomic E-state index is -4.34. The molecule has 19 heavy (non-hydrogen) atoms. The number of aromatic nitrogens is 2. The van der Waals surface area contributed by atoms with E-state index in [-0.39, 0.29) is 35.8 Å². The third-order valence-electron chi connectivity index (χ3n) is 1.82. The van der Waals surface area contributed by atoms with Crippen LogP contribution >= 0.6 is 11.8 Å². The number of methoxy groups -OCH3 is 1. The first-order valence-electron chi connectivity index (χ1n) is 4.83. The van der Waals surface area contributed by atoms with Crippen molar-refractivity contribution in [3.8, 4) is 5.88 Å². The Morgan fingerprint density at radius 2 is 2.21 bits per heavy atom. The van der Waals surface area contributed by atoms with Gasteiger partial charge in [-0.3, -0.25) is 10.1 Å². The van der Waals surface area contributed by atoms with Gasteiger partial charge in [-0.25, -0.2) is 4.98 Å². The van der Waals surface area contributed by atoms with Crippen molar-refractivity contribution in [1.29, 1.82) is 0 Å². The largest absolute Gasteiger partial charge is 0.476 e. The molecule has 7 nitrogen and oxygen atoms in total. The van der Waals surface area contributed by atoms with Gasteiger partial charge in [0.15, 0.2) is 0 Å². The molecule has 1 aromatic heterocycles. The maximum Gasteiger partial charge on any atom is 0.441 e. The molecular weight excluding hydrogens is 289 g/mol. The molecule has 0 atom stereocenters. The van der Waals surface area contributed by atoms with Crippen molar-refractivity contribution >= 4 is 23.3 Å². The van der Waals surface area contributed by atoms with Crippen LogP contribution in [-0.4, -0.2) is 39.8 Å². The third-order valence-corrected chi connectivity index (χ3v) is 2.56. The smallest absolute Gasteiger partial charge is 0.441 e. The normalized spacial score (nSPS) is 11.2. The number of thioether (sulfide) groups is 1. The Morgan fingerprint density at radius 1 is 1.53 bits per heavy atom. The van der Waals surface area contributed by atoms with Crippen molar-refractivity contribution < 1.29 is 22.8 Å². The maximum atomic E-state index is 11.9. The van der Waals surface area contributed by atoms with Crippen molar-refractivity contribution in [3.63, 3.8) is 0 Å². The van der Waals surface area contributed by atoms with Crippen molar-refractivity contribution in [2.24, 2.45) is 0 Å². The van der Waals surface area contributed by atoms with Crippen molar-refractivity contribution in [2.45, 2.75) is 5.51 Å². The lowest BCUT2D eigenvalue weighted by molar-refractivity contribution is -0.385. The number of nitro groups is 1. The molecule has 0 saturated heterocycles. The molecule has 1 aromatic rings. The lowest BCUT2D eigenvalue weighted by Gasteiger charge is -2.08. The van der Waals surface area contributed by atoms with E-state index < -0.39 is 16.1 Å². The van der Waals surface area contributed by atoms with E-state index in [1.807, 2.05) is 0 Å². The molecule has 0 aliphatic heterocycles. The zero-order chi connectivity index (χ0) is 14.5. The van der Waals surface area contributed by atoms with E-state index in [0.29, 0.717) is 0 Å². The average molecular weight is 298 g/mol. The first-order valence-corrected chi connectivity index (χ1v) is 5.81. The zero-order valence-electron chi connectivity index (χ0n) is 9.60. The van der Waals surface area contributed by atoms with Gasteiger partial charge in [-0.05, 0) is 11.8 Å². The average Bonchev–Trinajstić information content (AvgIpc) is 2.32. The summed E-state index contributed by atoms with van der Waals surface area (Å²) in [6.45, 7) is -0.134. The molecule has 0 aliphatic rings. The van der Waals surface area contributed by atoms with Gasteiger partial charge in [-0.2, -0.15) is 18.2 Å². The summed E-state index contributed by atoms with van der Waals surface area (Å²) in [6, 6.07) is 0. The Morgan fingerprint density at radius 3 is 2.74 bits per heavy atom. The van der Waals surface area contributed by atoms with Crippen molar-refractivity contribution in [3.05, 3.63) is 16.4 Å². The van der Waals surface area contributed by atoms with Gasteiger partial charge in [0.1, 0.15) is 6.33 Å². The number of ether oxygens (including phenoxy) is 1. The molecule has 0 spiro atoms. The molecule has 11 heteroatoms. The number of alkyl halides is 3. The van der Waals surface area contributed by atoms with Crippen LogP contribution in [0, 0.1) is 10.1 Å². The van der Waals surface area contributed by atoms with Crippen LogP contribution in [0.25, 0.3) is 0 Å². The lowest BCUT2D eigenvalue weighted by atomic mass is 10.4. The molecule has 0 amide bonds. The minimum absolute atomic E-state index is 0.134. The zero-order valence-corrected chi connectivity index (χ0v) is 10.4. The monoisotopic (exact) mass is 298 g/mol. The van der Waals surface area contributed by atoms with Gasteiger partial charge in [0.25, 0.3) is 5.88 Å². The van der Waals surface area contributed by atoms with Crippen LogP contribution in [0.15, 0.2) is 6.33 Å². The molecule has 1 N–H and O–H groups in total. The molecule has 1 heterocycles. The molecule has 0 unspecified atom stereocenters. The Bertz CT molecular complexity index is 457. The fraction of sp³-hybridized carbons (Fsp3) is 0.500. The molecule has 1 rings (SSSR count). The quantitative estimate of drug-likeness (QED) is 0.488. The van der Waals surface area contributed by atoms with Crippen LogP contribution in [0.5, 0.6) is 5.88 Å². The maximum absolute atomic E-state index is 11.9. The van der Waals surface area contributed by atoms with E-state index in [0.717, 1.165) is 6.33 Å². The van der Waals surface area contributed by atoms with E-state index in [4.69, 9.17) is 0 Å². The van der Waals surface area contributed by atoms with Gasteiger partial charge in [0.05, 0.1) is 12.0 Å². The first kappa shape index (κ1) is 15.3. The molecular formula is C8H9F3N4O3S. The van der Waals surface area contributed by atoms with Gasteiger partial charge in [0, 0.05) is 12.3 Å². The fourth-order valence-corrected chi connectivity index (χ4v) is 1.58. The van der Waals surface area contributed by atoms with Crippen LogP contribution in [0.4, 0.5) is 24.7 Å². The Labute approximate surface area is 109 Å². The fourth-order valence-electron chi connectivity index (χ4n) is 1.14.